The molecule has 0 unspecified atom stereocenters. The van der Waals surface area contributed by atoms with Crippen LogP contribution in [0.4, 0.5) is 13.2 Å². The van der Waals surface area contributed by atoms with Gasteiger partial charge in [-0.05, 0) is 37.0 Å². The van der Waals surface area contributed by atoms with Gasteiger partial charge in [-0.25, -0.2) is 0 Å². The van der Waals surface area contributed by atoms with Gasteiger partial charge < -0.3 is 4.90 Å². The van der Waals surface area contributed by atoms with Crippen molar-refractivity contribution in [1.82, 2.24) is 14.7 Å². The van der Waals surface area contributed by atoms with Crippen molar-refractivity contribution in [3.05, 3.63) is 28.8 Å². The Hall–Kier alpha value is -1.83. The molecule has 2 aromatic heterocycles. The molecule has 1 amide bonds. The maximum Gasteiger partial charge on any atom is 0.433 e. The fraction of sp³-hybridized carbons (Fsp3) is 0.500. The average Bonchev–Trinajstić information content (AvgIpc) is 3.13. The highest BCUT2D eigenvalue weighted by Gasteiger charge is 2.35. The number of rotatable bonds is 2. The number of nitrogens with zero attached hydrogens (tertiary/aromatic N) is 3. The second-order valence-electron chi connectivity index (χ2n) is 6.17. The van der Waals surface area contributed by atoms with Gasteiger partial charge in [-0.15, -0.1) is 11.3 Å². The third-order valence-electron chi connectivity index (χ3n) is 4.31. The first-order valence-electron chi connectivity index (χ1n) is 7.76. The number of carbonyl (C=O) groups excluding carboxylic acids is 1. The summed E-state index contributed by atoms with van der Waals surface area (Å²) >= 11 is 1.19. The number of alkyl halides is 3. The minimum Gasteiger partial charge on any atom is -0.338 e. The Morgan fingerprint density at radius 1 is 1.29 bits per heavy atom. The maximum atomic E-state index is 12.9. The van der Waals surface area contributed by atoms with E-state index in [-0.39, 0.29) is 11.6 Å². The first kappa shape index (κ1) is 17.0. The molecule has 0 aromatic carbocycles. The monoisotopic (exact) mass is 357 g/mol. The Morgan fingerprint density at radius 2 is 1.96 bits per heavy atom. The van der Waals surface area contributed by atoms with Crippen molar-refractivity contribution in [2.75, 3.05) is 13.1 Å². The molecule has 3 rings (SSSR count). The minimum absolute atomic E-state index is 0.0508. The molecule has 24 heavy (non-hydrogen) atoms. The SMILES string of the molecule is CC1CCN(C(=O)c2ccc(-c3cc(C(F)(F)F)n(C)n3)s2)CC1. The molecule has 1 saturated heterocycles. The molecule has 0 saturated carbocycles. The van der Waals surface area contributed by atoms with Crippen molar-refractivity contribution in [3.8, 4) is 10.6 Å². The van der Waals surface area contributed by atoms with Gasteiger partial charge >= 0.3 is 6.18 Å². The number of amides is 1. The molecule has 0 radical (unpaired) electrons. The third-order valence-corrected chi connectivity index (χ3v) is 5.41. The molecule has 8 heteroatoms. The number of aryl methyl sites for hydroxylation is 1. The third kappa shape index (κ3) is 3.33. The quantitative estimate of drug-likeness (QED) is 0.814. The van der Waals surface area contributed by atoms with Crippen molar-refractivity contribution in [2.24, 2.45) is 13.0 Å². The van der Waals surface area contributed by atoms with Gasteiger partial charge in [0.1, 0.15) is 11.4 Å². The smallest absolute Gasteiger partial charge is 0.338 e. The minimum atomic E-state index is -4.44. The zero-order chi connectivity index (χ0) is 17.5. The van der Waals surface area contributed by atoms with Crippen LogP contribution in [-0.2, 0) is 13.2 Å². The van der Waals surface area contributed by atoms with Crippen LogP contribution in [0.25, 0.3) is 10.6 Å². The summed E-state index contributed by atoms with van der Waals surface area (Å²) in [5, 5.41) is 3.92. The van der Waals surface area contributed by atoms with E-state index in [1.54, 1.807) is 12.1 Å². The van der Waals surface area contributed by atoms with Gasteiger partial charge in [-0.2, -0.15) is 18.3 Å². The van der Waals surface area contributed by atoms with Crippen LogP contribution in [0, 0.1) is 5.92 Å². The Kier molecular flexibility index (Phi) is 4.42. The van der Waals surface area contributed by atoms with E-state index >= 15 is 0 Å². The average molecular weight is 357 g/mol. The summed E-state index contributed by atoms with van der Waals surface area (Å²) in [5.41, 5.74) is -0.565. The molecule has 1 aliphatic rings. The number of hydrogen-bond donors (Lipinski definition) is 0. The van der Waals surface area contributed by atoms with Crippen LogP contribution in [0.15, 0.2) is 18.2 Å². The highest BCUT2D eigenvalue weighted by Crippen LogP contribution is 2.34. The van der Waals surface area contributed by atoms with Crippen LogP contribution >= 0.6 is 11.3 Å². The van der Waals surface area contributed by atoms with Crippen molar-refractivity contribution in [2.45, 2.75) is 25.9 Å². The zero-order valence-corrected chi connectivity index (χ0v) is 14.2. The molecule has 0 bridgehead atoms. The highest BCUT2D eigenvalue weighted by atomic mass is 32.1. The number of halogens is 3. The van der Waals surface area contributed by atoms with Gasteiger partial charge in [0.15, 0.2) is 0 Å². The van der Waals surface area contributed by atoms with Gasteiger partial charge in [0.25, 0.3) is 5.91 Å². The molecule has 0 spiro atoms. The molecule has 0 N–H and O–H groups in total. The second-order valence-corrected chi connectivity index (χ2v) is 7.26. The van der Waals surface area contributed by atoms with Gasteiger partial charge in [-0.3, -0.25) is 9.48 Å². The van der Waals surface area contributed by atoms with Crippen LogP contribution in [0.2, 0.25) is 0 Å². The Morgan fingerprint density at radius 3 is 2.54 bits per heavy atom. The molecule has 3 heterocycles. The summed E-state index contributed by atoms with van der Waals surface area (Å²) in [7, 11) is 1.26. The van der Waals surface area contributed by atoms with E-state index in [1.807, 2.05) is 4.90 Å². The lowest BCUT2D eigenvalue weighted by Gasteiger charge is -2.29. The van der Waals surface area contributed by atoms with Crippen LogP contribution in [0.5, 0.6) is 0 Å². The van der Waals surface area contributed by atoms with Crippen molar-refractivity contribution in [3.63, 3.8) is 0 Å². The molecule has 1 aliphatic heterocycles. The molecule has 130 valence electrons. The molecule has 0 atom stereocenters. The summed E-state index contributed by atoms with van der Waals surface area (Å²) in [6.07, 6.45) is -2.47. The summed E-state index contributed by atoms with van der Waals surface area (Å²) in [6, 6.07) is 4.35. The first-order valence-corrected chi connectivity index (χ1v) is 8.58. The second kappa shape index (κ2) is 6.23. The molecule has 0 aliphatic carbocycles. The van der Waals surface area contributed by atoms with E-state index in [2.05, 4.69) is 12.0 Å². The first-order chi connectivity index (χ1) is 11.3. The topological polar surface area (TPSA) is 38.1 Å². The summed E-state index contributed by atoms with van der Waals surface area (Å²) in [4.78, 5) is 15.4. The van der Waals surface area contributed by atoms with Gasteiger partial charge in [-0.1, -0.05) is 6.92 Å². The lowest BCUT2D eigenvalue weighted by molar-refractivity contribution is -0.143. The van der Waals surface area contributed by atoms with E-state index in [9.17, 15) is 18.0 Å². The van der Waals surface area contributed by atoms with Gasteiger partial charge in [0, 0.05) is 20.1 Å². The fourth-order valence-electron chi connectivity index (χ4n) is 2.81. The van der Waals surface area contributed by atoms with Gasteiger partial charge in [0.2, 0.25) is 0 Å². The predicted octanol–water partition coefficient (Wildman–Crippen LogP) is 4.04. The number of likely N-dealkylation sites (tertiary alicyclic amines) is 1. The standard InChI is InChI=1S/C16H18F3N3OS/c1-10-5-7-22(8-6-10)15(23)13-4-3-12(24-13)11-9-14(16(17,18)19)21(2)20-11/h3-4,9-10H,5-8H2,1-2H3. The number of thiophene rings is 1. The van der Waals surface area contributed by atoms with E-state index in [1.165, 1.54) is 18.4 Å². The predicted molar refractivity (Wildman–Crippen MR) is 85.8 cm³/mol. The summed E-state index contributed by atoms with van der Waals surface area (Å²) < 4.78 is 39.4. The lowest BCUT2D eigenvalue weighted by atomic mass is 9.99. The molecule has 1 fully saturated rings. The molecular formula is C16H18F3N3OS. The molecular weight excluding hydrogens is 339 g/mol. The van der Waals surface area contributed by atoms with E-state index < -0.39 is 11.9 Å². The molecule has 4 nitrogen and oxygen atoms in total. The Labute approximate surface area is 141 Å². The van der Waals surface area contributed by atoms with Crippen molar-refractivity contribution in [1.29, 1.82) is 0 Å². The van der Waals surface area contributed by atoms with E-state index in [4.69, 9.17) is 0 Å². The largest absolute Gasteiger partial charge is 0.433 e. The van der Waals surface area contributed by atoms with E-state index in [0.717, 1.165) is 36.7 Å². The maximum absolute atomic E-state index is 12.9. The van der Waals surface area contributed by atoms with Crippen LogP contribution in [0.3, 0.4) is 0 Å². The Balaban J connectivity index is 1.80. The summed E-state index contributed by atoms with van der Waals surface area (Å²) in [5.74, 6) is 0.576. The number of aromatic nitrogens is 2. The van der Waals surface area contributed by atoms with Crippen LogP contribution in [0.1, 0.15) is 35.1 Å². The number of carbonyl (C=O) groups is 1. The Bertz CT molecular complexity index is 742. The van der Waals surface area contributed by atoms with Crippen LogP contribution < -0.4 is 0 Å². The van der Waals surface area contributed by atoms with Crippen molar-refractivity contribution >= 4 is 17.2 Å². The van der Waals surface area contributed by atoms with E-state index in [0.29, 0.717) is 15.7 Å². The lowest BCUT2D eigenvalue weighted by Crippen LogP contribution is -2.37. The van der Waals surface area contributed by atoms with Gasteiger partial charge in [0.05, 0.1) is 9.75 Å². The summed E-state index contributed by atoms with van der Waals surface area (Å²) in [6.45, 7) is 3.63. The number of hydrogen-bond acceptors (Lipinski definition) is 3. The van der Waals surface area contributed by atoms with Crippen molar-refractivity contribution < 1.29 is 18.0 Å². The van der Waals surface area contributed by atoms with Crippen LogP contribution in [-0.4, -0.2) is 33.7 Å². The molecule has 2 aromatic rings. The normalized spacial score (nSPS) is 16.6. The number of piperidine rings is 1. The zero-order valence-electron chi connectivity index (χ0n) is 13.4. The fourth-order valence-corrected chi connectivity index (χ4v) is 3.74. The highest BCUT2D eigenvalue weighted by molar-refractivity contribution is 7.17.